The molecule has 1 aromatic heterocycles. The maximum atomic E-state index is 11.4. The molecule has 0 fully saturated rings. The monoisotopic (exact) mass is 470 g/mol. The van der Waals surface area contributed by atoms with Crippen LogP contribution in [0.2, 0.25) is 0 Å². The predicted octanol–water partition coefficient (Wildman–Crippen LogP) is 4.99. The smallest absolute Gasteiger partial charge is 0.308 e. The number of nitrogens with zero attached hydrogens (tertiary/aromatic N) is 1. The van der Waals surface area contributed by atoms with Crippen LogP contribution in [0.25, 0.3) is 15.7 Å². The minimum Gasteiger partial charge on any atom is -0.508 e. The summed E-state index contributed by atoms with van der Waals surface area (Å²) in [5.74, 6) is 1.64. The molecule has 0 spiro atoms. The van der Waals surface area contributed by atoms with Gasteiger partial charge >= 0.3 is 5.97 Å². The first kappa shape index (κ1) is 22.9. The Morgan fingerprint density at radius 2 is 2.06 bits per heavy atom. The topological polar surface area (TPSA) is 61.8 Å². The van der Waals surface area contributed by atoms with E-state index >= 15 is 0 Å². The van der Waals surface area contributed by atoms with E-state index in [2.05, 4.69) is 34.1 Å². The number of carbonyl (C=O) groups excluding carboxylic acids is 1. The second-order valence-electron chi connectivity index (χ2n) is 8.16. The lowest BCUT2D eigenvalue weighted by Gasteiger charge is -2.24. The highest BCUT2D eigenvalue weighted by Crippen LogP contribution is 2.51. The zero-order valence-electron chi connectivity index (χ0n) is 18.7. The average Bonchev–Trinajstić information content (AvgIpc) is 3.31. The molecular formula is C25H30N2O3S2. The minimum atomic E-state index is -0.439. The molecule has 1 aliphatic heterocycles. The van der Waals surface area contributed by atoms with Crippen LogP contribution in [0.5, 0.6) is 11.5 Å². The number of fused-ring (bicyclic) bond motifs is 2. The Balaban J connectivity index is 1.46. The Labute approximate surface area is 196 Å². The van der Waals surface area contributed by atoms with Gasteiger partial charge in [-0.3, -0.25) is 9.69 Å². The van der Waals surface area contributed by atoms with E-state index < -0.39 is 10.9 Å². The normalized spacial score (nSPS) is 16.4. The summed E-state index contributed by atoms with van der Waals surface area (Å²) in [7, 11) is 3.71. The number of phenols is 1. The van der Waals surface area contributed by atoms with E-state index in [4.69, 9.17) is 4.74 Å². The summed E-state index contributed by atoms with van der Waals surface area (Å²) in [5, 5.41) is 18.9. The molecule has 1 unspecified atom stereocenters. The highest BCUT2D eigenvalue weighted by Gasteiger charge is 2.22. The number of ether oxygens (including phenoxy) is 1. The number of hydrogen-bond acceptors (Lipinski definition) is 6. The van der Waals surface area contributed by atoms with Crippen molar-refractivity contribution < 1.29 is 14.6 Å². The Bertz CT molecular complexity index is 1160. The molecule has 0 bridgehead atoms. The van der Waals surface area contributed by atoms with Gasteiger partial charge in [0.25, 0.3) is 0 Å². The number of rotatable bonds is 9. The van der Waals surface area contributed by atoms with Gasteiger partial charge in [-0.25, -0.2) is 0 Å². The summed E-state index contributed by atoms with van der Waals surface area (Å²) in [5.41, 5.74) is 3.85. The first-order valence-corrected chi connectivity index (χ1v) is 13.2. The lowest BCUT2D eigenvalue weighted by Crippen LogP contribution is -2.22. The number of nitrogens with one attached hydrogen (secondary N) is 1. The minimum absolute atomic E-state index is 0.292. The number of aromatic hydroxyl groups is 1. The molecule has 170 valence electrons. The van der Waals surface area contributed by atoms with Crippen molar-refractivity contribution in [2.75, 3.05) is 33.1 Å². The number of hydrogen-bond donors (Lipinski definition) is 3. The summed E-state index contributed by atoms with van der Waals surface area (Å²) >= 11 is 1.73. The summed E-state index contributed by atoms with van der Waals surface area (Å²) in [6.45, 7) is 3.31. The SMILES string of the molecule is CNCCC1=C[SH](CN(C)CCc2csc3ccc(O)cc23)c2ccc(OC(C)=O)cc21. The van der Waals surface area contributed by atoms with Crippen LogP contribution in [0.3, 0.4) is 0 Å². The largest absolute Gasteiger partial charge is 0.508 e. The van der Waals surface area contributed by atoms with Crippen molar-refractivity contribution in [1.82, 2.24) is 10.2 Å². The van der Waals surface area contributed by atoms with Crippen LogP contribution in [-0.4, -0.2) is 49.0 Å². The number of carbonyl (C=O) groups is 1. The van der Waals surface area contributed by atoms with Crippen molar-refractivity contribution in [3.05, 3.63) is 58.3 Å². The maximum absolute atomic E-state index is 11.4. The Morgan fingerprint density at radius 3 is 2.84 bits per heavy atom. The molecule has 1 atom stereocenters. The highest BCUT2D eigenvalue weighted by molar-refractivity contribution is 8.20. The van der Waals surface area contributed by atoms with Gasteiger partial charge in [-0.05, 0) is 108 Å². The molecule has 2 N–H and O–H groups in total. The summed E-state index contributed by atoms with van der Waals surface area (Å²) in [6.07, 6.45) is 1.91. The molecule has 0 saturated carbocycles. The first-order chi connectivity index (χ1) is 15.4. The number of esters is 1. The molecule has 4 rings (SSSR count). The predicted molar refractivity (Wildman–Crippen MR) is 136 cm³/mol. The number of thiophene rings is 1. The van der Waals surface area contributed by atoms with Crippen molar-refractivity contribution in [2.45, 2.75) is 24.7 Å². The van der Waals surface area contributed by atoms with Crippen LogP contribution in [-0.2, 0) is 11.2 Å². The fourth-order valence-corrected chi connectivity index (χ4v) is 7.50. The number of phenolic OH excluding ortho intramolecular Hbond substituents is 1. The van der Waals surface area contributed by atoms with Gasteiger partial charge in [-0.2, -0.15) is 10.9 Å². The zero-order chi connectivity index (χ0) is 22.7. The molecular weight excluding hydrogens is 440 g/mol. The lowest BCUT2D eigenvalue weighted by molar-refractivity contribution is -0.131. The van der Waals surface area contributed by atoms with Gasteiger partial charge < -0.3 is 15.2 Å². The van der Waals surface area contributed by atoms with E-state index in [1.165, 1.54) is 33.2 Å². The van der Waals surface area contributed by atoms with Crippen LogP contribution < -0.4 is 10.1 Å². The number of thiol groups is 1. The second-order valence-corrected chi connectivity index (χ2v) is 11.0. The molecule has 32 heavy (non-hydrogen) atoms. The quantitative estimate of drug-likeness (QED) is 0.234. The Morgan fingerprint density at radius 1 is 1.22 bits per heavy atom. The third kappa shape index (κ3) is 5.18. The van der Waals surface area contributed by atoms with Gasteiger partial charge in [-0.1, -0.05) is 0 Å². The molecule has 5 nitrogen and oxygen atoms in total. The van der Waals surface area contributed by atoms with Gasteiger partial charge in [0.15, 0.2) is 0 Å². The lowest BCUT2D eigenvalue weighted by atomic mass is 10.0. The maximum Gasteiger partial charge on any atom is 0.308 e. The van der Waals surface area contributed by atoms with Crippen LogP contribution in [0.1, 0.15) is 24.5 Å². The van der Waals surface area contributed by atoms with Gasteiger partial charge in [0.2, 0.25) is 0 Å². The molecule has 3 aromatic rings. The molecule has 0 aliphatic carbocycles. The molecule has 7 heteroatoms. The zero-order valence-corrected chi connectivity index (χ0v) is 20.4. The van der Waals surface area contributed by atoms with Crippen molar-refractivity contribution >= 4 is 43.9 Å². The Hall–Kier alpha value is -2.32. The molecule has 0 amide bonds. The first-order valence-electron chi connectivity index (χ1n) is 10.8. The van der Waals surface area contributed by atoms with Crippen molar-refractivity contribution in [3.63, 3.8) is 0 Å². The van der Waals surface area contributed by atoms with Crippen molar-refractivity contribution in [1.29, 1.82) is 0 Å². The number of likely N-dealkylation sites (N-methyl/N-ethyl adjacent to an activating group) is 1. The van der Waals surface area contributed by atoms with Gasteiger partial charge in [0, 0.05) is 24.0 Å². The van der Waals surface area contributed by atoms with Crippen LogP contribution >= 0.6 is 22.2 Å². The van der Waals surface area contributed by atoms with Crippen LogP contribution in [0, 0.1) is 0 Å². The summed E-state index contributed by atoms with van der Waals surface area (Å²) in [4.78, 5) is 15.1. The molecule has 2 heterocycles. The summed E-state index contributed by atoms with van der Waals surface area (Å²) < 4.78 is 6.55. The van der Waals surface area contributed by atoms with E-state index in [0.717, 1.165) is 37.2 Å². The standard InChI is InChI=1S/C25H30N2O3S2/c1-17(28)30-21-5-7-25-23(13-21)19(8-10-26-2)15-32(25)16-27(3)11-9-18-14-31-24-6-4-20(29)12-22(18)24/h4-7,12-15,26,29,32H,8-11,16H2,1-3H3. The number of benzene rings is 2. The fraction of sp³-hybridized carbons (Fsp3) is 0.320. The van der Waals surface area contributed by atoms with E-state index in [1.807, 2.05) is 31.3 Å². The van der Waals surface area contributed by atoms with Crippen LogP contribution in [0.15, 0.2) is 52.1 Å². The average molecular weight is 471 g/mol. The van der Waals surface area contributed by atoms with E-state index in [9.17, 15) is 9.90 Å². The van der Waals surface area contributed by atoms with Gasteiger partial charge in [0.1, 0.15) is 11.5 Å². The third-order valence-electron chi connectivity index (χ3n) is 5.63. The third-order valence-corrected chi connectivity index (χ3v) is 9.07. The molecule has 0 saturated heterocycles. The molecule has 1 aliphatic rings. The van der Waals surface area contributed by atoms with Crippen molar-refractivity contribution in [3.8, 4) is 11.5 Å². The van der Waals surface area contributed by atoms with E-state index in [1.54, 1.807) is 17.4 Å². The Kier molecular flexibility index (Phi) is 7.20. The van der Waals surface area contributed by atoms with Crippen LogP contribution in [0.4, 0.5) is 0 Å². The van der Waals surface area contributed by atoms with Crippen molar-refractivity contribution in [2.24, 2.45) is 0 Å². The van der Waals surface area contributed by atoms with Gasteiger partial charge in [-0.15, -0.1) is 11.3 Å². The highest BCUT2D eigenvalue weighted by atomic mass is 32.2. The van der Waals surface area contributed by atoms with E-state index in [-0.39, 0.29) is 5.97 Å². The molecule has 2 aromatic carbocycles. The summed E-state index contributed by atoms with van der Waals surface area (Å²) in [6, 6.07) is 11.7. The molecule has 0 radical (unpaired) electrons. The van der Waals surface area contributed by atoms with Gasteiger partial charge in [0.05, 0.1) is 0 Å². The second kappa shape index (κ2) is 10.1. The fourth-order valence-electron chi connectivity index (χ4n) is 4.06. The van der Waals surface area contributed by atoms with E-state index in [0.29, 0.717) is 11.5 Å².